The lowest BCUT2D eigenvalue weighted by molar-refractivity contribution is -0.125. The number of nitrogens with zero attached hydrogens (tertiary/aromatic N) is 1. The van der Waals surface area contributed by atoms with Gasteiger partial charge in [-0.05, 0) is 64.6 Å². The first-order chi connectivity index (χ1) is 12.0. The Morgan fingerprint density at radius 3 is 2.40 bits per heavy atom. The third-order valence-electron chi connectivity index (χ3n) is 5.45. The predicted octanol–water partition coefficient (Wildman–Crippen LogP) is 4.44. The summed E-state index contributed by atoms with van der Waals surface area (Å²) in [7, 11) is 0. The fourth-order valence-corrected chi connectivity index (χ4v) is 3.92. The summed E-state index contributed by atoms with van der Waals surface area (Å²) in [6, 6.07) is 2.16. The number of likely N-dealkylation sites (tertiary alicyclic amines) is 1. The van der Waals surface area contributed by atoms with Crippen molar-refractivity contribution in [2.24, 2.45) is 11.8 Å². The molecule has 1 aromatic heterocycles. The summed E-state index contributed by atoms with van der Waals surface area (Å²) in [6.45, 7) is 12.4. The van der Waals surface area contributed by atoms with Crippen LogP contribution in [0.2, 0.25) is 0 Å². The van der Waals surface area contributed by atoms with E-state index in [0.29, 0.717) is 5.92 Å². The van der Waals surface area contributed by atoms with Crippen molar-refractivity contribution in [3.05, 3.63) is 23.2 Å². The van der Waals surface area contributed by atoms with E-state index in [1.165, 1.54) is 18.4 Å². The Labute approximate surface area is 153 Å². The fourth-order valence-electron chi connectivity index (χ4n) is 3.92. The first-order valence-corrected chi connectivity index (χ1v) is 10.1. The average Bonchev–Trinajstić information content (AvgIpc) is 2.91. The van der Waals surface area contributed by atoms with Crippen molar-refractivity contribution in [1.29, 1.82) is 0 Å². The van der Waals surface area contributed by atoms with Gasteiger partial charge in [-0.25, -0.2) is 0 Å². The fraction of sp³-hybridized carbons (Fsp3) is 0.762. The van der Waals surface area contributed by atoms with Gasteiger partial charge in [-0.15, -0.1) is 0 Å². The van der Waals surface area contributed by atoms with Crippen LogP contribution in [0.5, 0.6) is 0 Å². The molecule has 0 unspecified atom stereocenters. The van der Waals surface area contributed by atoms with Crippen molar-refractivity contribution in [1.82, 2.24) is 10.2 Å². The van der Waals surface area contributed by atoms with Gasteiger partial charge in [0.25, 0.3) is 0 Å². The van der Waals surface area contributed by atoms with E-state index in [9.17, 15) is 4.79 Å². The summed E-state index contributed by atoms with van der Waals surface area (Å²) >= 11 is 0. The van der Waals surface area contributed by atoms with Crippen LogP contribution >= 0.6 is 0 Å². The molecule has 2 heterocycles. The Kier molecular flexibility index (Phi) is 8.01. The smallest absolute Gasteiger partial charge is 0.223 e. The van der Waals surface area contributed by atoms with Gasteiger partial charge >= 0.3 is 0 Å². The topological polar surface area (TPSA) is 45.5 Å². The number of aryl methyl sites for hydroxylation is 2. The lowest BCUT2D eigenvalue weighted by Crippen LogP contribution is -2.40. The standard InChI is InChI=1S/C21H36N2O2/c1-5-7-19(8-6-2)21(24)22-14-18-9-11-23(12-10-18)15-20-13-16(3)25-17(20)4/h13,18-19H,5-12,14-15H2,1-4H3,(H,22,24). The summed E-state index contributed by atoms with van der Waals surface area (Å²) < 4.78 is 5.63. The van der Waals surface area contributed by atoms with Gasteiger partial charge < -0.3 is 9.73 Å². The van der Waals surface area contributed by atoms with Gasteiger partial charge in [0.15, 0.2) is 0 Å². The average molecular weight is 349 g/mol. The number of hydrogen-bond acceptors (Lipinski definition) is 3. The van der Waals surface area contributed by atoms with Crippen LogP contribution in [-0.4, -0.2) is 30.4 Å². The van der Waals surface area contributed by atoms with E-state index in [1.54, 1.807) is 0 Å². The van der Waals surface area contributed by atoms with Crippen LogP contribution < -0.4 is 5.32 Å². The molecular weight excluding hydrogens is 312 g/mol. The van der Waals surface area contributed by atoms with E-state index >= 15 is 0 Å². The summed E-state index contributed by atoms with van der Waals surface area (Å²) in [6.07, 6.45) is 6.54. The molecule has 1 amide bonds. The van der Waals surface area contributed by atoms with E-state index in [0.717, 1.165) is 63.4 Å². The summed E-state index contributed by atoms with van der Waals surface area (Å²) in [5.41, 5.74) is 1.31. The summed E-state index contributed by atoms with van der Waals surface area (Å²) in [5, 5.41) is 3.23. The van der Waals surface area contributed by atoms with Crippen molar-refractivity contribution in [3.63, 3.8) is 0 Å². The lowest BCUT2D eigenvalue weighted by atomic mass is 9.94. The van der Waals surface area contributed by atoms with Crippen LogP contribution in [0.4, 0.5) is 0 Å². The first kappa shape index (κ1) is 20.0. The Morgan fingerprint density at radius 2 is 1.88 bits per heavy atom. The van der Waals surface area contributed by atoms with Crippen molar-refractivity contribution < 1.29 is 9.21 Å². The van der Waals surface area contributed by atoms with Crippen LogP contribution in [0.3, 0.4) is 0 Å². The SMILES string of the molecule is CCCC(CCC)C(=O)NCC1CCN(Cc2cc(C)oc2C)CC1. The molecule has 0 spiro atoms. The van der Waals surface area contributed by atoms with Crippen LogP contribution in [-0.2, 0) is 11.3 Å². The van der Waals surface area contributed by atoms with Crippen molar-refractivity contribution >= 4 is 5.91 Å². The lowest BCUT2D eigenvalue weighted by Gasteiger charge is -2.32. The third-order valence-corrected chi connectivity index (χ3v) is 5.45. The molecule has 0 aromatic carbocycles. The molecule has 0 saturated carbocycles. The van der Waals surface area contributed by atoms with Gasteiger partial charge in [-0.2, -0.15) is 0 Å². The Hall–Kier alpha value is -1.29. The zero-order valence-electron chi connectivity index (χ0n) is 16.6. The maximum absolute atomic E-state index is 12.4. The number of furan rings is 1. The molecule has 4 nitrogen and oxygen atoms in total. The molecule has 0 bridgehead atoms. The van der Waals surface area contributed by atoms with E-state index in [1.807, 2.05) is 13.8 Å². The molecule has 1 saturated heterocycles. The minimum Gasteiger partial charge on any atom is -0.466 e. The largest absolute Gasteiger partial charge is 0.466 e. The molecule has 1 aliphatic heterocycles. The molecule has 0 radical (unpaired) electrons. The Balaban J connectivity index is 1.71. The van der Waals surface area contributed by atoms with Gasteiger partial charge in [0, 0.05) is 24.6 Å². The molecule has 0 atom stereocenters. The zero-order valence-corrected chi connectivity index (χ0v) is 16.6. The molecule has 142 valence electrons. The number of piperidine rings is 1. The van der Waals surface area contributed by atoms with Gasteiger partial charge in [-0.3, -0.25) is 9.69 Å². The number of nitrogens with one attached hydrogen (secondary N) is 1. The minimum atomic E-state index is 0.211. The molecule has 1 N–H and O–H groups in total. The highest BCUT2D eigenvalue weighted by Crippen LogP contribution is 2.22. The van der Waals surface area contributed by atoms with E-state index in [2.05, 4.69) is 30.1 Å². The van der Waals surface area contributed by atoms with E-state index in [-0.39, 0.29) is 11.8 Å². The van der Waals surface area contributed by atoms with Crippen molar-refractivity contribution in [2.45, 2.75) is 72.8 Å². The Morgan fingerprint density at radius 1 is 1.24 bits per heavy atom. The van der Waals surface area contributed by atoms with E-state index in [4.69, 9.17) is 4.42 Å². The molecule has 2 rings (SSSR count). The second kappa shape index (κ2) is 10.0. The quantitative estimate of drug-likeness (QED) is 0.717. The maximum atomic E-state index is 12.4. The zero-order chi connectivity index (χ0) is 18.2. The Bertz CT molecular complexity index is 524. The van der Waals surface area contributed by atoms with Crippen LogP contribution in [0.1, 0.15) is 69.5 Å². The highest BCUT2D eigenvalue weighted by molar-refractivity contribution is 5.78. The molecule has 0 aliphatic carbocycles. The van der Waals surface area contributed by atoms with E-state index < -0.39 is 0 Å². The number of carbonyl (C=O) groups excluding carboxylic acids is 1. The van der Waals surface area contributed by atoms with Gasteiger partial charge in [0.2, 0.25) is 5.91 Å². The van der Waals surface area contributed by atoms with Gasteiger partial charge in [0.1, 0.15) is 11.5 Å². The van der Waals surface area contributed by atoms with Gasteiger partial charge in [-0.1, -0.05) is 26.7 Å². The first-order valence-electron chi connectivity index (χ1n) is 10.1. The number of amides is 1. The highest BCUT2D eigenvalue weighted by atomic mass is 16.3. The molecule has 1 fully saturated rings. The monoisotopic (exact) mass is 348 g/mol. The summed E-state index contributed by atoms with van der Waals surface area (Å²) in [4.78, 5) is 14.9. The van der Waals surface area contributed by atoms with Crippen LogP contribution in [0, 0.1) is 25.7 Å². The number of rotatable bonds is 9. The molecular formula is C21H36N2O2. The second-order valence-corrected chi connectivity index (χ2v) is 7.68. The highest BCUT2D eigenvalue weighted by Gasteiger charge is 2.22. The number of hydrogen-bond donors (Lipinski definition) is 1. The molecule has 25 heavy (non-hydrogen) atoms. The van der Waals surface area contributed by atoms with Crippen molar-refractivity contribution in [3.8, 4) is 0 Å². The van der Waals surface area contributed by atoms with Crippen LogP contribution in [0.25, 0.3) is 0 Å². The minimum absolute atomic E-state index is 0.211. The predicted molar refractivity (Wildman–Crippen MR) is 102 cm³/mol. The molecule has 1 aromatic rings. The van der Waals surface area contributed by atoms with Gasteiger partial charge in [0.05, 0.1) is 0 Å². The maximum Gasteiger partial charge on any atom is 0.223 e. The summed E-state index contributed by atoms with van der Waals surface area (Å²) in [5.74, 6) is 3.15. The number of carbonyl (C=O) groups is 1. The normalized spacial score (nSPS) is 16.5. The van der Waals surface area contributed by atoms with Crippen molar-refractivity contribution in [2.75, 3.05) is 19.6 Å². The molecule has 1 aliphatic rings. The second-order valence-electron chi connectivity index (χ2n) is 7.68. The molecule has 4 heteroatoms. The third kappa shape index (κ3) is 6.18. The van der Waals surface area contributed by atoms with Crippen LogP contribution in [0.15, 0.2) is 10.5 Å².